The number of fused-ring (bicyclic) bond motifs is 1. The van der Waals surface area contributed by atoms with Gasteiger partial charge in [0.25, 0.3) is 5.91 Å². The number of benzene rings is 2. The molecule has 0 unspecified atom stereocenters. The van der Waals surface area contributed by atoms with Gasteiger partial charge in [-0.2, -0.15) is 8.78 Å². The number of carbonyl (C=O) groups is 1. The number of halogens is 2. The highest BCUT2D eigenvalue weighted by Crippen LogP contribution is 2.31. The summed E-state index contributed by atoms with van der Waals surface area (Å²) >= 11 is 0. The van der Waals surface area contributed by atoms with E-state index < -0.39 is 6.61 Å². The van der Waals surface area contributed by atoms with E-state index in [0.29, 0.717) is 31.3 Å². The first-order chi connectivity index (χ1) is 12.0. The van der Waals surface area contributed by atoms with Gasteiger partial charge in [-0.1, -0.05) is 12.1 Å². The Kier molecular flexibility index (Phi) is 5.02. The van der Waals surface area contributed by atoms with Gasteiger partial charge in [-0.05, 0) is 35.9 Å². The van der Waals surface area contributed by atoms with Crippen LogP contribution in [-0.4, -0.2) is 37.7 Å². The third-order valence-electron chi connectivity index (χ3n) is 3.68. The van der Waals surface area contributed by atoms with E-state index in [1.807, 2.05) is 12.1 Å². The lowest BCUT2D eigenvalue weighted by molar-refractivity contribution is -0.0499. The maximum Gasteiger partial charge on any atom is 0.387 e. The molecule has 3 rings (SSSR count). The number of nitrogens with zero attached hydrogens (tertiary/aromatic N) is 1. The lowest BCUT2D eigenvalue weighted by Gasteiger charge is -2.21. The number of amides is 1. The Hall–Kier alpha value is -2.83. The van der Waals surface area contributed by atoms with Crippen LogP contribution in [0.1, 0.15) is 15.9 Å². The smallest absolute Gasteiger partial charge is 0.387 e. The molecule has 0 aliphatic carbocycles. The average Bonchev–Trinajstić information content (AvgIpc) is 2.60. The van der Waals surface area contributed by atoms with E-state index in [-0.39, 0.29) is 17.2 Å². The van der Waals surface area contributed by atoms with Crippen LogP contribution in [0.15, 0.2) is 42.5 Å². The fourth-order valence-electron chi connectivity index (χ4n) is 2.56. The first-order valence-corrected chi connectivity index (χ1v) is 7.72. The Bertz CT molecular complexity index is 766. The van der Waals surface area contributed by atoms with E-state index in [1.54, 1.807) is 19.2 Å². The molecule has 0 aromatic heterocycles. The molecule has 132 valence electrons. The summed E-state index contributed by atoms with van der Waals surface area (Å²) in [6.45, 7) is -1.58. The Morgan fingerprint density at radius 3 is 2.68 bits per heavy atom. The molecular weight excluding hydrogens is 332 g/mol. The minimum absolute atomic E-state index is 0.0476. The van der Waals surface area contributed by atoms with Crippen LogP contribution in [0.5, 0.6) is 17.2 Å². The van der Waals surface area contributed by atoms with Gasteiger partial charge < -0.3 is 19.1 Å². The van der Waals surface area contributed by atoms with E-state index in [0.717, 1.165) is 5.56 Å². The number of carbonyl (C=O) groups excluding carboxylic acids is 1. The molecule has 1 heterocycles. The van der Waals surface area contributed by atoms with Crippen LogP contribution in [0, 0.1) is 0 Å². The van der Waals surface area contributed by atoms with Gasteiger partial charge in [-0.15, -0.1) is 0 Å². The zero-order valence-electron chi connectivity index (χ0n) is 13.6. The second kappa shape index (κ2) is 7.38. The molecule has 1 amide bonds. The van der Waals surface area contributed by atoms with Gasteiger partial charge in [-0.25, -0.2) is 0 Å². The maximum atomic E-state index is 12.5. The molecule has 0 atom stereocenters. The molecule has 0 bridgehead atoms. The summed E-state index contributed by atoms with van der Waals surface area (Å²) in [5.74, 6) is 0.987. The lowest BCUT2D eigenvalue weighted by atomic mass is 10.1. The van der Waals surface area contributed by atoms with Crippen LogP contribution in [0.4, 0.5) is 8.78 Å². The van der Waals surface area contributed by atoms with Crippen molar-refractivity contribution in [2.45, 2.75) is 13.2 Å². The molecule has 5 nitrogen and oxygen atoms in total. The second-order valence-corrected chi connectivity index (χ2v) is 5.55. The third-order valence-corrected chi connectivity index (χ3v) is 3.68. The van der Waals surface area contributed by atoms with E-state index in [1.165, 1.54) is 23.1 Å². The van der Waals surface area contributed by atoms with Crippen molar-refractivity contribution in [2.24, 2.45) is 0 Å². The highest BCUT2D eigenvalue weighted by atomic mass is 19.3. The highest BCUT2D eigenvalue weighted by Gasteiger charge is 2.16. The monoisotopic (exact) mass is 349 g/mol. The molecule has 0 spiro atoms. The standard InChI is InChI=1S/C18H17F2NO4/c1-21(11-12-5-6-15-16(9-12)24-8-7-23-15)17(22)13-3-2-4-14(10-13)25-18(19)20/h2-6,9-10,18H,7-8,11H2,1H3. The van der Waals surface area contributed by atoms with E-state index in [2.05, 4.69) is 4.74 Å². The zero-order chi connectivity index (χ0) is 17.8. The molecule has 7 heteroatoms. The lowest BCUT2D eigenvalue weighted by Crippen LogP contribution is -2.26. The summed E-state index contributed by atoms with van der Waals surface area (Å²) in [7, 11) is 1.64. The summed E-state index contributed by atoms with van der Waals surface area (Å²) in [5.41, 5.74) is 1.15. The van der Waals surface area contributed by atoms with Crippen LogP contribution in [-0.2, 0) is 6.54 Å². The van der Waals surface area contributed by atoms with Gasteiger partial charge in [0.15, 0.2) is 11.5 Å². The Balaban J connectivity index is 1.70. The Labute approximate surface area is 143 Å². The molecule has 25 heavy (non-hydrogen) atoms. The van der Waals surface area contributed by atoms with Gasteiger partial charge in [0, 0.05) is 19.2 Å². The van der Waals surface area contributed by atoms with Crippen molar-refractivity contribution in [3.8, 4) is 17.2 Å². The minimum Gasteiger partial charge on any atom is -0.486 e. The van der Waals surface area contributed by atoms with Crippen LogP contribution in [0.2, 0.25) is 0 Å². The minimum atomic E-state index is -2.93. The Morgan fingerprint density at radius 2 is 1.92 bits per heavy atom. The highest BCUT2D eigenvalue weighted by molar-refractivity contribution is 5.94. The summed E-state index contributed by atoms with van der Waals surface area (Å²) in [5, 5.41) is 0. The van der Waals surface area contributed by atoms with E-state index in [9.17, 15) is 13.6 Å². The van der Waals surface area contributed by atoms with Crippen molar-refractivity contribution in [1.29, 1.82) is 0 Å². The number of rotatable bonds is 5. The average molecular weight is 349 g/mol. The second-order valence-electron chi connectivity index (χ2n) is 5.55. The van der Waals surface area contributed by atoms with Gasteiger partial charge >= 0.3 is 6.61 Å². The zero-order valence-corrected chi connectivity index (χ0v) is 13.6. The molecule has 2 aromatic carbocycles. The number of alkyl halides is 2. The fourth-order valence-corrected chi connectivity index (χ4v) is 2.56. The predicted octanol–water partition coefficient (Wildman–Crippen LogP) is 3.33. The molecule has 0 fully saturated rings. The fraction of sp³-hybridized carbons (Fsp3) is 0.278. The predicted molar refractivity (Wildman–Crippen MR) is 86.3 cm³/mol. The van der Waals surface area contributed by atoms with Gasteiger partial charge in [0.2, 0.25) is 0 Å². The number of ether oxygens (including phenoxy) is 3. The van der Waals surface area contributed by atoms with Crippen LogP contribution in [0.25, 0.3) is 0 Å². The van der Waals surface area contributed by atoms with E-state index >= 15 is 0 Å². The van der Waals surface area contributed by atoms with Crippen molar-refractivity contribution in [3.05, 3.63) is 53.6 Å². The maximum absolute atomic E-state index is 12.5. The molecule has 0 saturated carbocycles. The Morgan fingerprint density at radius 1 is 1.16 bits per heavy atom. The van der Waals surface area contributed by atoms with Gasteiger partial charge in [0.05, 0.1) is 0 Å². The summed E-state index contributed by atoms with van der Waals surface area (Å²) in [6.07, 6.45) is 0. The van der Waals surface area contributed by atoms with Crippen LogP contribution < -0.4 is 14.2 Å². The van der Waals surface area contributed by atoms with Crippen molar-refractivity contribution >= 4 is 5.91 Å². The van der Waals surface area contributed by atoms with Crippen molar-refractivity contribution in [3.63, 3.8) is 0 Å². The largest absolute Gasteiger partial charge is 0.486 e. The van der Waals surface area contributed by atoms with Crippen LogP contribution >= 0.6 is 0 Å². The first-order valence-electron chi connectivity index (χ1n) is 7.72. The number of hydrogen-bond acceptors (Lipinski definition) is 4. The topological polar surface area (TPSA) is 48.0 Å². The quantitative estimate of drug-likeness (QED) is 0.831. The first kappa shape index (κ1) is 17.0. The SMILES string of the molecule is CN(Cc1ccc2c(c1)OCCO2)C(=O)c1cccc(OC(F)F)c1. The van der Waals surface area contributed by atoms with Crippen molar-refractivity contribution in [1.82, 2.24) is 4.90 Å². The molecular formula is C18H17F2NO4. The number of hydrogen-bond donors (Lipinski definition) is 0. The molecule has 0 N–H and O–H groups in total. The third kappa shape index (κ3) is 4.17. The van der Waals surface area contributed by atoms with E-state index in [4.69, 9.17) is 9.47 Å². The molecule has 2 aromatic rings. The van der Waals surface area contributed by atoms with Gasteiger partial charge in [-0.3, -0.25) is 4.79 Å². The van der Waals surface area contributed by atoms with Crippen LogP contribution in [0.3, 0.4) is 0 Å². The normalized spacial score (nSPS) is 12.8. The summed E-state index contributed by atoms with van der Waals surface area (Å²) in [6, 6.07) is 11.2. The summed E-state index contributed by atoms with van der Waals surface area (Å²) in [4.78, 5) is 14.0. The van der Waals surface area contributed by atoms with Crippen molar-refractivity contribution < 1.29 is 27.8 Å². The van der Waals surface area contributed by atoms with Crippen molar-refractivity contribution in [2.75, 3.05) is 20.3 Å². The van der Waals surface area contributed by atoms with Gasteiger partial charge in [0.1, 0.15) is 19.0 Å². The molecule has 1 aliphatic heterocycles. The molecule has 0 saturated heterocycles. The summed E-state index contributed by atoms with van der Waals surface area (Å²) < 4.78 is 39.9. The molecule has 1 aliphatic rings. The molecule has 0 radical (unpaired) electrons.